The number of alkyl halides is 3. The molecule has 0 atom stereocenters. The minimum Gasteiger partial charge on any atom is -0.495 e. The Kier molecular flexibility index (Phi) is 8.43. The zero-order chi connectivity index (χ0) is 23.7. The van der Waals surface area contributed by atoms with Crippen LogP contribution in [0.25, 0.3) is 0 Å². The number of aliphatic carboxylic acids is 1. The van der Waals surface area contributed by atoms with Crippen LogP contribution in [0, 0.1) is 11.3 Å². The lowest BCUT2D eigenvalue weighted by molar-refractivity contribution is -0.192. The third-order valence-corrected chi connectivity index (χ3v) is 4.43. The molecular weight excluding hydrogens is 429 g/mol. The Bertz CT molecular complexity index is 982. The number of benzene rings is 2. The van der Waals surface area contributed by atoms with Crippen molar-refractivity contribution in [1.82, 2.24) is 5.32 Å². The lowest BCUT2D eigenvalue weighted by atomic mass is 10.1. The van der Waals surface area contributed by atoms with Crippen LogP contribution in [0.2, 0.25) is 0 Å². The van der Waals surface area contributed by atoms with Gasteiger partial charge in [-0.2, -0.15) is 18.4 Å². The SMILES string of the molecule is COc1cc(C#N)ccc1NC(=O)c1ccc(N2CCNCC2)cc1.O=C(O)C(F)(F)F. The van der Waals surface area contributed by atoms with Crippen molar-refractivity contribution >= 4 is 23.3 Å². The van der Waals surface area contributed by atoms with E-state index in [0.717, 1.165) is 31.9 Å². The van der Waals surface area contributed by atoms with Gasteiger partial charge in [0.25, 0.3) is 5.91 Å². The maximum Gasteiger partial charge on any atom is 0.490 e. The summed E-state index contributed by atoms with van der Waals surface area (Å²) in [4.78, 5) is 23.7. The molecule has 8 nitrogen and oxygen atoms in total. The van der Waals surface area contributed by atoms with E-state index in [-0.39, 0.29) is 5.91 Å². The van der Waals surface area contributed by atoms with Crippen LogP contribution >= 0.6 is 0 Å². The number of amides is 1. The average Bonchev–Trinajstić information content (AvgIpc) is 2.79. The Labute approximate surface area is 182 Å². The summed E-state index contributed by atoms with van der Waals surface area (Å²) in [7, 11) is 1.51. The summed E-state index contributed by atoms with van der Waals surface area (Å²) >= 11 is 0. The fourth-order valence-electron chi connectivity index (χ4n) is 2.81. The van der Waals surface area contributed by atoms with E-state index in [9.17, 15) is 18.0 Å². The highest BCUT2D eigenvalue weighted by Crippen LogP contribution is 2.26. The molecule has 0 aromatic heterocycles. The molecule has 3 N–H and O–H groups in total. The largest absolute Gasteiger partial charge is 0.495 e. The third-order valence-electron chi connectivity index (χ3n) is 4.43. The lowest BCUT2D eigenvalue weighted by Gasteiger charge is -2.29. The third kappa shape index (κ3) is 6.88. The van der Waals surface area contributed by atoms with Crippen molar-refractivity contribution in [3.05, 3.63) is 53.6 Å². The molecule has 1 aliphatic heterocycles. The number of methoxy groups -OCH3 is 1. The summed E-state index contributed by atoms with van der Waals surface area (Å²) in [6.45, 7) is 3.88. The van der Waals surface area contributed by atoms with E-state index in [0.29, 0.717) is 22.6 Å². The van der Waals surface area contributed by atoms with Crippen LogP contribution in [0.4, 0.5) is 24.5 Å². The Morgan fingerprint density at radius 3 is 2.25 bits per heavy atom. The van der Waals surface area contributed by atoms with E-state index < -0.39 is 12.1 Å². The number of carboxylic acids is 1. The van der Waals surface area contributed by atoms with Gasteiger partial charge in [0, 0.05) is 43.5 Å². The number of ether oxygens (including phenoxy) is 1. The summed E-state index contributed by atoms with van der Waals surface area (Å²) < 4.78 is 37.0. The molecule has 11 heteroatoms. The molecule has 1 aliphatic rings. The Balaban J connectivity index is 0.000000451. The van der Waals surface area contributed by atoms with E-state index >= 15 is 0 Å². The highest BCUT2D eigenvalue weighted by molar-refractivity contribution is 6.05. The first kappa shape index (κ1) is 24.5. The molecule has 2 aromatic carbocycles. The minimum atomic E-state index is -5.08. The Morgan fingerprint density at radius 1 is 1.16 bits per heavy atom. The standard InChI is InChI=1S/C19H20N4O2.C2HF3O2/c1-25-18-12-14(13-20)2-7-17(18)22-19(24)15-3-5-16(6-4-15)23-10-8-21-9-11-23;3-2(4,5)1(6)7/h2-7,12,21H,8-11H2,1H3,(H,22,24);(H,6,7). The van der Waals surface area contributed by atoms with Crippen molar-refractivity contribution in [3.8, 4) is 11.8 Å². The molecule has 170 valence electrons. The van der Waals surface area contributed by atoms with Gasteiger partial charge < -0.3 is 25.4 Å². The van der Waals surface area contributed by atoms with Crippen molar-refractivity contribution in [3.63, 3.8) is 0 Å². The summed E-state index contributed by atoms with van der Waals surface area (Å²) in [6.07, 6.45) is -5.08. The summed E-state index contributed by atoms with van der Waals surface area (Å²) in [6, 6.07) is 14.5. The van der Waals surface area contributed by atoms with Crippen molar-refractivity contribution in [1.29, 1.82) is 5.26 Å². The summed E-state index contributed by atoms with van der Waals surface area (Å²) in [5.41, 5.74) is 2.72. The number of anilines is 2. The predicted molar refractivity (Wildman–Crippen MR) is 111 cm³/mol. The van der Waals surface area contributed by atoms with E-state index in [1.165, 1.54) is 7.11 Å². The Morgan fingerprint density at radius 2 is 1.75 bits per heavy atom. The second-order valence-corrected chi connectivity index (χ2v) is 6.57. The summed E-state index contributed by atoms with van der Waals surface area (Å²) in [5.74, 6) is -2.51. The van der Waals surface area contributed by atoms with Gasteiger partial charge in [0.2, 0.25) is 0 Å². The van der Waals surface area contributed by atoms with Gasteiger partial charge in [-0.05, 0) is 36.4 Å². The molecule has 0 saturated carbocycles. The maximum atomic E-state index is 12.5. The second-order valence-electron chi connectivity index (χ2n) is 6.57. The van der Waals surface area contributed by atoms with E-state index in [2.05, 4.69) is 15.5 Å². The Hall–Kier alpha value is -3.78. The average molecular weight is 450 g/mol. The van der Waals surface area contributed by atoms with Gasteiger partial charge in [0.05, 0.1) is 24.4 Å². The predicted octanol–water partition coefficient (Wildman–Crippen LogP) is 2.86. The van der Waals surface area contributed by atoms with Crippen LogP contribution in [0.3, 0.4) is 0 Å². The minimum absolute atomic E-state index is 0.213. The smallest absolute Gasteiger partial charge is 0.490 e. The number of hydrogen-bond acceptors (Lipinski definition) is 6. The van der Waals surface area contributed by atoms with Crippen molar-refractivity contribution < 1.29 is 32.6 Å². The van der Waals surface area contributed by atoms with E-state index in [4.69, 9.17) is 19.9 Å². The molecule has 0 bridgehead atoms. The number of halogens is 3. The molecular formula is C21H21F3N4O4. The van der Waals surface area contributed by atoms with E-state index in [1.54, 1.807) is 18.2 Å². The quantitative estimate of drug-likeness (QED) is 0.656. The number of carbonyl (C=O) groups is 2. The zero-order valence-corrected chi connectivity index (χ0v) is 17.1. The number of piperazine rings is 1. The maximum absolute atomic E-state index is 12.5. The molecule has 1 saturated heterocycles. The van der Waals surface area contributed by atoms with Crippen molar-refractivity contribution in [2.75, 3.05) is 43.5 Å². The number of nitrogens with one attached hydrogen (secondary N) is 2. The van der Waals surface area contributed by atoms with Crippen LogP contribution in [0.1, 0.15) is 15.9 Å². The molecule has 2 aromatic rings. The normalized spacial score (nSPS) is 13.3. The number of carbonyl (C=O) groups excluding carboxylic acids is 1. The van der Waals surface area contributed by atoms with Gasteiger partial charge in [-0.3, -0.25) is 4.79 Å². The highest BCUT2D eigenvalue weighted by atomic mass is 19.4. The van der Waals surface area contributed by atoms with Gasteiger partial charge in [-0.15, -0.1) is 0 Å². The number of rotatable bonds is 4. The van der Waals surface area contributed by atoms with E-state index in [1.807, 2.05) is 30.3 Å². The topological polar surface area (TPSA) is 115 Å². The van der Waals surface area contributed by atoms with Crippen molar-refractivity contribution in [2.45, 2.75) is 6.18 Å². The first-order chi connectivity index (χ1) is 15.2. The van der Waals surface area contributed by atoms with Crippen LogP contribution in [0.15, 0.2) is 42.5 Å². The number of nitriles is 1. The number of hydrogen-bond donors (Lipinski definition) is 3. The molecule has 1 heterocycles. The van der Waals surface area contributed by atoms with Gasteiger partial charge in [-0.25, -0.2) is 4.79 Å². The molecule has 0 unspecified atom stereocenters. The molecule has 0 aliphatic carbocycles. The van der Waals surface area contributed by atoms with Gasteiger partial charge in [0.15, 0.2) is 0 Å². The fraction of sp³-hybridized carbons (Fsp3) is 0.286. The first-order valence-corrected chi connectivity index (χ1v) is 9.41. The molecule has 1 fully saturated rings. The monoisotopic (exact) mass is 450 g/mol. The zero-order valence-electron chi connectivity index (χ0n) is 17.1. The summed E-state index contributed by atoms with van der Waals surface area (Å²) in [5, 5.41) is 22.2. The van der Waals surface area contributed by atoms with Crippen molar-refractivity contribution in [2.24, 2.45) is 0 Å². The first-order valence-electron chi connectivity index (χ1n) is 9.41. The highest BCUT2D eigenvalue weighted by Gasteiger charge is 2.38. The molecule has 0 radical (unpaired) electrons. The molecule has 32 heavy (non-hydrogen) atoms. The molecule has 0 spiro atoms. The molecule has 3 rings (SSSR count). The van der Waals surface area contributed by atoms with Gasteiger partial charge in [-0.1, -0.05) is 0 Å². The van der Waals surface area contributed by atoms with Gasteiger partial charge in [0.1, 0.15) is 5.75 Å². The van der Waals surface area contributed by atoms with Crippen LogP contribution in [-0.4, -0.2) is 56.4 Å². The number of nitrogens with zero attached hydrogens (tertiary/aromatic N) is 2. The molecule has 1 amide bonds. The van der Waals surface area contributed by atoms with Crippen LogP contribution in [0.5, 0.6) is 5.75 Å². The van der Waals surface area contributed by atoms with Crippen LogP contribution in [-0.2, 0) is 4.79 Å². The lowest BCUT2D eigenvalue weighted by Crippen LogP contribution is -2.43. The fourth-order valence-corrected chi connectivity index (χ4v) is 2.81. The number of carboxylic acid groups (broad SMARTS) is 1. The van der Waals surface area contributed by atoms with Crippen LogP contribution < -0.4 is 20.3 Å². The second kappa shape index (κ2) is 11.0. The van der Waals surface area contributed by atoms with Gasteiger partial charge >= 0.3 is 12.1 Å².